The van der Waals surface area contributed by atoms with Gasteiger partial charge in [-0.05, 0) is 31.9 Å². The van der Waals surface area contributed by atoms with Gasteiger partial charge in [-0.25, -0.2) is 4.98 Å². The van der Waals surface area contributed by atoms with E-state index in [0.29, 0.717) is 12.1 Å². The third kappa shape index (κ3) is 5.81. The average molecular weight is 417 g/mol. The third-order valence-corrected chi connectivity index (χ3v) is 5.24. The minimum absolute atomic E-state index is 0.0638. The molecule has 29 heavy (non-hydrogen) atoms. The number of anilines is 2. The van der Waals surface area contributed by atoms with Gasteiger partial charge in [0.2, 0.25) is 5.91 Å². The molecular weight excluding hydrogens is 394 g/mol. The molecule has 154 valence electrons. The van der Waals surface area contributed by atoms with Crippen LogP contribution in [0.1, 0.15) is 28.8 Å². The lowest BCUT2D eigenvalue weighted by Gasteiger charge is -2.11. The highest BCUT2D eigenvalue weighted by Crippen LogP contribution is 2.17. The van der Waals surface area contributed by atoms with Crippen molar-refractivity contribution < 1.29 is 14.3 Å². The van der Waals surface area contributed by atoms with Crippen LogP contribution in [0.15, 0.2) is 34.2 Å². The van der Waals surface area contributed by atoms with Crippen LogP contribution in [0.2, 0.25) is 0 Å². The number of aromatic amines is 1. The zero-order chi connectivity index (χ0) is 20.8. The molecule has 1 fully saturated rings. The van der Waals surface area contributed by atoms with Crippen molar-refractivity contribution in [3.8, 4) is 0 Å². The summed E-state index contributed by atoms with van der Waals surface area (Å²) in [6, 6.07) is 6.90. The number of nitrogens with one attached hydrogen (secondary N) is 3. The Balaban J connectivity index is 1.57. The first-order chi connectivity index (χ1) is 13.9. The van der Waals surface area contributed by atoms with E-state index in [1.165, 1.54) is 0 Å². The Morgan fingerprint density at radius 2 is 2.10 bits per heavy atom. The van der Waals surface area contributed by atoms with Gasteiger partial charge >= 0.3 is 0 Å². The molecule has 10 heteroatoms. The Kier molecular flexibility index (Phi) is 6.89. The lowest BCUT2D eigenvalue weighted by atomic mass is 10.1. The molecule has 1 aromatic carbocycles. The molecule has 3 rings (SSSR count). The van der Waals surface area contributed by atoms with Gasteiger partial charge < -0.3 is 21.1 Å². The summed E-state index contributed by atoms with van der Waals surface area (Å²) in [7, 11) is 0. The van der Waals surface area contributed by atoms with Crippen molar-refractivity contribution in [1.29, 1.82) is 0 Å². The normalized spacial score (nSPS) is 15.8. The largest absolute Gasteiger partial charge is 0.382 e. The van der Waals surface area contributed by atoms with Crippen LogP contribution in [0, 0.1) is 6.92 Å². The molecule has 0 spiro atoms. The van der Waals surface area contributed by atoms with E-state index in [4.69, 9.17) is 10.5 Å². The van der Waals surface area contributed by atoms with Gasteiger partial charge in [0.25, 0.3) is 11.5 Å². The van der Waals surface area contributed by atoms with E-state index in [9.17, 15) is 14.4 Å². The van der Waals surface area contributed by atoms with Crippen LogP contribution in [0.4, 0.5) is 11.5 Å². The molecule has 2 amide bonds. The fraction of sp³-hybridized carbons (Fsp3) is 0.368. The van der Waals surface area contributed by atoms with Crippen molar-refractivity contribution in [2.45, 2.75) is 31.0 Å². The van der Waals surface area contributed by atoms with E-state index >= 15 is 0 Å². The van der Waals surface area contributed by atoms with Gasteiger partial charge in [0.15, 0.2) is 11.0 Å². The molecule has 2 aromatic rings. The van der Waals surface area contributed by atoms with E-state index < -0.39 is 11.5 Å². The Morgan fingerprint density at radius 3 is 2.76 bits per heavy atom. The van der Waals surface area contributed by atoms with Gasteiger partial charge in [-0.3, -0.25) is 19.4 Å². The van der Waals surface area contributed by atoms with Gasteiger partial charge in [-0.1, -0.05) is 29.5 Å². The zero-order valence-corrected chi connectivity index (χ0v) is 16.8. The van der Waals surface area contributed by atoms with Crippen LogP contribution in [-0.4, -0.2) is 46.8 Å². The first-order valence-corrected chi connectivity index (χ1v) is 10.2. The molecular formula is C19H23N5O4S. The number of hydrogen-bond acceptors (Lipinski definition) is 7. The predicted molar refractivity (Wildman–Crippen MR) is 111 cm³/mol. The lowest BCUT2D eigenvalue weighted by molar-refractivity contribution is -0.119. The molecule has 9 nitrogen and oxygen atoms in total. The van der Waals surface area contributed by atoms with E-state index in [1.807, 2.05) is 6.92 Å². The monoisotopic (exact) mass is 417 g/mol. The fourth-order valence-electron chi connectivity index (χ4n) is 2.77. The molecule has 1 aromatic heterocycles. The number of nitrogens with zero attached hydrogens (tertiary/aromatic N) is 1. The molecule has 1 aliphatic heterocycles. The summed E-state index contributed by atoms with van der Waals surface area (Å²) < 4.78 is 5.45. The van der Waals surface area contributed by atoms with Crippen LogP contribution in [0.5, 0.6) is 0 Å². The number of amides is 2. The second-order valence-electron chi connectivity index (χ2n) is 6.68. The number of hydrogen-bond donors (Lipinski definition) is 4. The molecule has 1 aliphatic rings. The smallest absolute Gasteiger partial charge is 0.277 e. The van der Waals surface area contributed by atoms with Gasteiger partial charge in [0.1, 0.15) is 5.69 Å². The van der Waals surface area contributed by atoms with Gasteiger partial charge in [-0.2, -0.15) is 0 Å². The number of thioether (sulfide) groups is 1. The standard InChI is InChI=1S/C19H23N5O4S/c1-11-4-6-12(7-5-11)17(26)22-15-16(20)23-19(24-18(15)27)29-10-14(25)21-9-13-3-2-8-28-13/h4-7,13H,2-3,8-10H2,1H3,(H,21,25)(H,22,26)(H3,20,23,24,27)/t13-/m1/s1. The number of ether oxygens (including phenoxy) is 1. The quantitative estimate of drug-likeness (QED) is 0.393. The minimum Gasteiger partial charge on any atom is -0.382 e. The molecule has 0 aliphatic carbocycles. The second-order valence-corrected chi connectivity index (χ2v) is 7.64. The number of nitrogen functional groups attached to an aromatic ring is 1. The molecule has 0 radical (unpaired) electrons. The molecule has 1 saturated heterocycles. The summed E-state index contributed by atoms with van der Waals surface area (Å²) in [5.41, 5.74) is 6.55. The highest BCUT2D eigenvalue weighted by atomic mass is 32.2. The van der Waals surface area contributed by atoms with E-state index in [0.717, 1.165) is 36.8 Å². The van der Waals surface area contributed by atoms with Gasteiger partial charge in [-0.15, -0.1) is 0 Å². The SMILES string of the molecule is Cc1ccc(C(=O)Nc2c(N)nc(SCC(=O)NC[C@H]3CCCO3)[nH]c2=O)cc1. The van der Waals surface area contributed by atoms with Crippen LogP contribution in [-0.2, 0) is 9.53 Å². The molecule has 0 unspecified atom stereocenters. The predicted octanol–water partition coefficient (Wildman–Crippen LogP) is 1.30. The highest BCUT2D eigenvalue weighted by molar-refractivity contribution is 7.99. The van der Waals surface area contributed by atoms with Gasteiger partial charge in [0, 0.05) is 18.7 Å². The first kappa shape index (κ1) is 20.9. The summed E-state index contributed by atoms with van der Waals surface area (Å²) >= 11 is 1.05. The molecule has 0 saturated carbocycles. The van der Waals surface area contributed by atoms with E-state index in [-0.39, 0.29) is 34.4 Å². The van der Waals surface area contributed by atoms with Crippen LogP contribution >= 0.6 is 11.8 Å². The Bertz CT molecular complexity index is 939. The second kappa shape index (κ2) is 9.57. The Hall–Kier alpha value is -2.85. The zero-order valence-electron chi connectivity index (χ0n) is 16.0. The summed E-state index contributed by atoms with van der Waals surface area (Å²) in [4.78, 5) is 43.1. The summed E-state index contributed by atoms with van der Waals surface area (Å²) in [5.74, 6) is -0.692. The first-order valence-electron chi connectivity index (χ1n) is 9.21. The highest BCUT2D eigenvalue weighted by Gasteiger charge is 2.17. The molecule has 1 atom stereocenters. The number of aryl methyl sites for hydroxylation is 1. The lowest BCUT2D eigenvalue weighted by Crippen LogP contribution is -2.33. The van der Waals surface area contributed by atoms with Crippen molar-refractivity contribution in [3.63, 3.8) is 0 Å². The summed E-state index contributed by atoms with van der Waals surface area (Å²) in [5, 5.41) is 5.48. The average Bonchev–Trinajstić information content (AvgIpc) is 3.21. The van der Waals surface area contributed by atoms with Crippen molar-refractivity contribution in [2.75, 3.05) is 30.0 Å². The molecule has 5 N–H and O–H groups in total. The third-order valence-electron chi connectivity index (χ3n) is 4.37. The van der Waals surface area contributed by atoms with E-state index in [1.54, 1.807) is 24.3 Å². The number of aromatic nitrogens is 2. The van der Waals surface area contributed by atoms with Crippen LogP contribution in [0.3, 0.4) is 0 Å². The summed E-state index contributed by atoms with van der Waals surface area (Å²) in [6.07, 6.45) is 2.01. The van der Waals surface area contributed by atoms with Crippen molar-refractivity contribution in [2.24, 2.45) is 0 Å². The number of nitrogens with two attached hydrogens (primary N) is 1. The number of rotatable bonds is 7. The number of H-pyrrole nitrogens is 1. The Labute approximate surface area is 171 Å². The van der Waals surface area contributed by atoms with Crippen molar-refractivity contribution in [3.05, 3.63) is 45.7 Å². The Morgan fingerprint density at radius 1 is 1.34 bits per heavy atom. The topological polar surface area (TPSA) is 139 Å². The van der Waals surface area contributed by atoms with Gasteiger partial charge in [0.05, 0.1) is 11.9 Å². The van der Waals surface area contributed by atoms with Crippen molar-refractivity contribution in [1.82, 2.24) is 15.3 Å². The fourth-order valence-corrected chi connectivity index (χ4v) is 3.46. The maximum Gasteiger partial charge on any atom is 0.277 e. The molecule has 2 heterocycles. The minimum atomic E-state index is -0.583. The maximum absolute atomic E-state index is 12.3. The van der Waals surface area contributed by atoms with Crippen LogP contribution < -0.4 is 21.9 Å². The maximum atomic E-state index is 12.3. The van der Waals surface area contributed by atoms with Crippen molar-refractivity contribution >= 4 is 35.1 Å². The molecule has 0 bridgehead atoms. The van der Waals surface area contributed by atoms with E-state index in [2.05, 4.69) is 20.6 Å². The number of benzene rings is 1. The number of carbonyl (C=O) groups is 2. The summed E-state index contributed by atoms with van der Waals surface area (Å²) in [6.45, 7) is 3.11. The van der Waals surface area contributed by atoms with Crippen LogP contribution in [0.25, 0.3) is 0 Å². The number of carbonyl (C=O) groups excluding carboxylic acids is 2.